The molecule has 0 saturated carbocycles. The molecule has 0 aliphatic carbocycles. The maximum Gasteiger partial charge on any atom is 0.292 e. The summed E-state index contributed by atoms with van der Waals surface area (Å²) in [7, 11) is 1.90. The third-order valence-corrected chi connectivity index (χ3v) is 3.66. The molecule has 1 aromatic rings. The van der Waals surface area contributed by atoms with E-state index in [0.29, 0.717) is 11.6 Å². The number of nitrogens with one attached hydrogen (secondary N) is 2. The van der Waals surface area contributed by atoms with Gasteiger partial charge in [-0.3, -0.25) is 14.9 Å². The third-order valence-electron chi connectivity index (χ3n) is 3.66. The smallest absolute Gasteiger partial charge is 0.292 e. The monoisotopic (exact) mass is 292 g/mol. The Labute approximate surface area is 123 Å². The van der Waals surface area contributed by atoms with E-state index in [-0.39, 0.29) is 18.1 Å². The molecule has 114 valence electrons. The van der Waals surface area contributed by atoms with Crippen molar-refractivity contribution in [3.8, 4) is 0 Å². The summed E-state index contributed by atoms with van der Waals surface area (Å²) >= 11 is 0. The van der Waals surface area contributed by atoms with E-state index in [1.165, 1.54) is 6.07 Å². The summed E-state index contributed by atoms with van der Waals surface area (Å²) < 4.78 is 0. The van der Waals surface area contributed by atoms with Crippen molar-refractivity contribution in [2.75, 3.05) is 38.5 Å². The molecule has 1 aliphatic heterocycles. The minimum absolute atomic E-state index is 0.0141. The number of rotatable bonds is 6. The second-order valence-electron chi connectivity index (χ2n) is 5.18. The fourth-order valence-corrected chi connectivity index (χ4v) is 2.58. The summed E-state index contributed by atoms with van der Waals surface area (Å²) in [5, 5.41) is 16.9. The number of para-hydroxylation sites is 2. The Morgan fingerprint density at radius 1 is 1.48 bits per heavy atom. The molecule has 1 aromatic carbocycles. The first-order valence-corrected chi connectivity index (χ1v) is 7.01. The average molecular weight is 292 g/mol. The zero-order chi connectivity index (χ0) is 15.2. The van der Waals surface area contributed by atoms with Crippen LogP contribution in [0, 0.1) is 16.0 Å². The first-order chi connectivity index (χ1) is 10.1. The van der Waals surface area contributed by atoms with Gasteiger partial charge in [-0.25, -0.2) is 0 Å². The van der Waals surface area contributed by atoms with Gasteiger partial charge < -0.3 is 15.5 Å². The number of carbonyl (C=O) groups is 1. The van der Waals surface area contributed by atoms with E-state index in [2.05, 4.69) is 10.6 Å². The molecule has 1 saturated heterocycles. The van der Waals surface area contributed by atoms with Crippen LogP contribution in [-0.2, 0) is 4.79 Å². The number of anilines is 1. The van der Waals surface area contributed by atoms with Crippen molar-refractivity contribution < 1.29 is 9.72 Å². The van der Waals surface area contributed by atoms with Gasteiger partial charge in [0.2, 0.25) is 5.91 Å². The third kappa shape index (κ3) is 3.91. The summed E-state index contributed by atoms with van der Waals surface area (Å²) in [6.07, 6.45) is 0.998. The van der Waals surface area contributed by atoms with Gasteiger partial charge in [0.1, 0.15) is 5.69 Å². The normalized spacial score (nSPS) is 17.8. The molecule has 7 heteroatoms. The van der Waals surface area contributed by atoms with Crippen LogP contribution in [0.4, 0.5) is 11.4 Å². The SMILES string of the molecule is CNCC1CCN(C(=O)CNc2ccccc2[N+](=O)[O-])C1. The van der Waals surface area contributed by atoms with Gasteiger partial charge in [0.05, 0.1) is 11.5 Å². The molecule has 2 rings (SSSR count). The number of hydrogen-bond donors (Lipinski definition) is 2. The zero-order valence-corrected chi connectivity index (χ0v) is 12.0. The van der Waals surface area contributed by atoms with Crippen molar-refractivity contribution in [1.82, 2.24) is 10.2 Å². The van der Waals surface area contributed by atoms with Crippen LogP contribution in [0.1, 0.15) is 6.42 Å². The minimum atomic E-state index is -0.453. The van der Waals surface area contributed by atoms with E-state index in [9.17, 15) is 14.9 Å². The molecular formula is C14H20N4O3. The largest absolute Gasteiger partial charge is 0.371 e. The lowest BCUT2D eigenvalue weighted by atomic mass is 10.1. The molecule has 7 nitrogen and oxygen atoms in total. The quantitative estimate of drug-likeness (QED) is 0.605. The van der Waals surface area contributed by atoms with E-state index in [4.69, 9.17) is 0 Å². The Morgan fingerprint density at radius 2 is 2.24 bits per heavy atom. The number of nitro benzene ring substituents is 1. The van der Waals surface area contributed by atoms with E-state index in [0.717, 1.165) is 26.1 Å². The van der Waals surface area contributed by atoms with Crippen molar-refractivity contribution in [2.24, 2.45) is 5.92 Å². The van der Waals surface area contributed by atoms with Crippen LogP contribution < -0.4 is 10.6 Å². The van der Waals surface area contributed by atoms with Gasteiger partial charge in [-0.2, -0.15) is 0 Å². The van der Waals surface area contributed by atoms with E-state index >= 15 is 0 Å². The molecule has 2 N–H and O–H groups in total. The predicted molar refractivity (Wildman–Crippen MR) is 80.2 cm³/mol. The highest BCUT2D eigenvalue weighted by Gasteiger charge is 2.25. The highest BCUT2D eigenvalue weighted by Crippen LogP contribution is 2.23. The van der Waals surface area contributed by atoms with Crippen LogP contribution in [0.5, 0.6) is 0 Å². The van der Waals surface area contributed by atoms with Gasteiger partial charge in [-0.15, -0.1) is 0 Å². The van der Waals surface area contributed by atoms with E-state index in [1.807, 2.05) is 11.9 Å². The number of amides is 1. The van der Waals surface area contributed by atoms with Crippen LogP contribution in [0.25, 0.3) is 0 Å². The van der Waals surface area contributed by atoms with Crippen LogP contribution in [0.3, 0.4) is 0 Å². The highest BCUT2D eigenvalue weighted by molar-refractivity contribution is 5.82. The summed E-state index contributed by atoms with van der Waals surface area (Å²) in [5.74, 6) is 0.469. The molecule has 21 heavy (non-hydrogen) atoms. The van der Waals surface area contributed by atoms with E-state index in [1.54, 1.807) is 18.2 Å². The van der Waals surface area contributed by atoms with Gasteiger partial charge in [0.15, 0.2) is 0 Å². The lowest BCUT2D eigenvalue weighted by Gasteiger charge is -2.17. The van der Waals surface area contributed by atoms with Crippen LogP contribution >= 0.6 is 0 Å². The zero-order valence-electron chi connectivity index (χ0n) is 12.0. The number of carbonyl (C=O) groups excluding carboxylic acids is 1. The Bertz CT molecular complexity index is 521. The first kappa shape index (κ1) is 15.2. The van der Waals surface area contributed by atoms with Crippen LogP contribution in [-0.4, -0.2) is 49.0 Å². The van der Waals surface area contributed by atoms with Gasteiger partial charge >= 0.3 is 0 Å². The van der Waals surface area contributed by atoms with Crippen molar-refractivity contribution in [3.05, 3.63) is 34.4 Å². The predicted octanol–water partition coefficient (Wildman–Crippen LogP) is 1.07. The summed E-state index contributed by atoms with van der Waals surface area (Å²) in [6, 6.07) is 6.34. The second kappa shape index (κ2) is 7.03. The first-order valence-electron chi connectivity index (χ1n) is 7.01. The number of nitro groups is 1. The molecule has 0 bridgehead atoms. The second-order valence-corrected chi connectivity index (χ2v) is 5.18. The molecule has 0 aromatic heterocycles. The lowest BCUT2D eigenvalue weighted by Crippen LogP contribution is -2.34. The minimum Gasteiger partial charge on any atom is -0.371 e. The van der Waals surface area contributed by atoms with Crippen LogP contribution in [0.2, 0.25) is 0 Å². The highest BCUT2D eigenvalue weighted by atomic mass is 16.6. The average Bonchev–Trinajstić information content (AvgIpc) is 2.94. The fourth-order valence-electron chi connectivity index (χ4n) is 2.58. The Kier molecular flexibility index (Phi) is 5.10. The Balaban J connectivity index is 1.89. The van der Waals surface area contributed by atoms with E-state index < -0.39 is 4.92 Å². The van der Waals surface area contributed by atoms with Crippen molar-refractivity contribution in [3.63, 3.8) is 0 Å². The molecule has 1 amide bonds. The summed E-state index contributed by atoms with van der Waals surface area (Å²) in [5.41, 5.74) is 0.363. The standard InChI is InChI=1S/C14H20N4O3/c1-15-8-11-6-7-17(10-11)14(19)9-16-12-4-2-3-5-13(12)18(20)21/h2-5,11,15-16H,6-10H2,1H3. The topological polar surface area (TPSA) is 87.5 Å². The molecule has 1 atom stereocenters. The number of hydrogen-bond acceptors (Lipinski definition) is 5. The van der Waals surface area contributed by atoms with Crippen LogP contribution in [0.15, 0.2) is 24.3 Å². The molecule has 1 unspecified atom stereocenters. The molecule has 0 radical (unpaired) electrons. The van der Waals surface area contributed by atoms with Gasteiger partial charge in [-0.1, -0.05) is 12.1 Å². The summed E-state index contributed by atoms with van der Waals surface area (Å²) in [4.78, 5) is 24.4. The van der Waals surface area contributed by atoms with Crippen molar-refractivity contribution in [2.45, 2.75) is 6.42 Å². The lowest BCUT2D eigenvalue weighted by molar-refractivity contribution is -0.383. The molecule has 0 spiro atoms. The molecule has 1 aliphatic rings. The molecule has 1 heterocycles. The van der Waals surface area contributed by atoms with Crippen molar-refractivity contribution >= 4 is 17.3 Å². The Hall–Kier alpha value is -2.15. The maximum absolute atomic E-state index is 12.1. The maximum atomic E-state index is 12.1. The molecular weight excluding hydrogens is 272 g/mol. The summed E-state index contributed by atoms with van der Waals surface area (Å²) in [6.45, 7) is 2.49. The van der Waals surface area contributed by atoms with Gasteiger partial charge in [0, 0.05) is 19.2 Å². The van der Waals surface area contributed by atoms with Crippen molar-refractivity contribution in [1.29, 1.82) is 0 Å². The number of benzene rings is 1. The van der Waals surface area contributed by atoms with Gasteiger partial charge in [0.25, 0.3) is 5.69 Å². The number of likely N-dealkylation sites (tertiary alicyclic amines) is 1. The Morgan fingerprint density at radius 3 is 2.95 bits per heavy atom. The fraction of sp³-hybridized carbons (Fsp3) is 0.500. The van der Waals surface area contributed by atoms with Gasteiger partial charge in [-0.05, 0) is 32.0 Å². The number of nitrogens with zero attached hydrogens (tertiary/aromatic N) is 2. The molecule has 1 fully saturated rings.